The van der Waals surface area contributed by atoms with E-state index < -0.39 is 0 Å². The van der Waals surface area contributed by atoms with E-state index in [4.69, 9.17) is 9.97 Å². The molecule has 0 bridgehead atoms. The molecule has 6 aromatic heterocycles. The fourth-order valence-corrected chi connectivity index (χ4v) is 8.41. The van der Waals surface area contributed by atoms with E-state index in [0.717, 1.165) is 56.4 Å². The summed E-state index contributed by atoms with van der Waals surface area (Å²) in [6.07, 6.45) is 3.60. The van der Waals surface area contributed by atoms with Crippen LogP contribution < -0.4 is 0 Å². The van der Waals surface area contributed by atoms with Crippen LogP contribution in [0.4, 0.5) is 0 Å². The zero-order valence-corrected chi connectivity index (χ0v) is 27.5. The van der Waals surface area contributed by atoms with Crippen molar-refractivity contribution in [2.75, 3.05) is 0 Å². The number of hydrogen-bond donors (Lipinski definition) is 0. The minimum Gasteiger partial charge on any atom is -0.301 e. The Balaban J connectivity index is 1.18. The van der Waals surface area contributed by atoms with E-state index in [2.05, 4.69) is 130 Å². The number of hydrogen-bond acceptors (Lipinski definition) is 5. The number of nitrogens with zero attached hydrogens (tertiary/aromatic N) is 5. The van der Waals surface area contributed by atoms with Gasteiger partial charge in [0, 0.05) is 45.2 Å². The standard InChI is InChI=1S/C44H27N5S/c1-2-12-29(13-3-1)42-43-40(32-14-4-6-16-34(32)48-42)41-33-15-5-7-19-39(33)49(44(41)50-43)31-22-20-28(21-23-31)30-26-37(35-17-8-10-24-45-35)47-38(27-30)36-18-9-11-25-46-36/h1-27H. The maximum Gasteiger partial charge on any atom is 0.109 e. The number of fused-ring (bicyclic) bond motifs is 7. The summed E-state index contributed by atoms with van der Waals surface area (Å²) in [5, 5.41) is 4.95. The molecule has 5 nitrogen and oxygen atoms in total. The van der Waals surface area contributed by atoms with Gasteiger partial charge >= 0.3 is 0 Å². The van der Waals surface area contributed by atoms with E-state index in [1.165, 1.54) is 36.6 Å². The molecule has 0 saturated carbocycles. The molecule has 4 aromatic carbocycles. The molecule has 0 aliphatic heterocycles. The summed E-state index contributed by atoms with van der Waals surface area (Å²) < 4.78 is 3.62. The number of pyridine rings is 4. The van der Waals surface area contributed by atoms with Gasteiger partial charge in [0.15, 0.2) is 0 Å². The fraction of sp³-hybridized carbons (Fsp3) is 0. The molecule has 0 atom stereocenters. The van der Waals surface area contributed by atoms with Crippen LogP contribution >= 0.6 is 11.3 Å². The Morgan fingerprint density at radius 2 is 1.10 bits per heavy atom. The van der Waals surface area contributed by atoms with Crippen molar-refractivity contribution in [1.82, 2.24) is 24.5 Å². The number of thiophene rings is 1. The topological polar surface area (TPSA) is 56.5 Å². The number of aromatic nitrogens is 5. The Morgan fingerprint density at radius 3 is 1.80 bits per heavy atom. The van der Waals surface area contributed by atoms with Crippen molar-refractivity contribution < 1.29 is 0 Å². The van der Waals surface area contributed by atoms with Crippen LogP contribution in [0.5, 0.6) is 0 Å². The first-order chi connectivity index (χ1) is 24.8. The van der Waals surface area contributed by atoms with Crippen molar-refractivity contribution in [3.05, 3.63) is 164 Å². The van der Waals surface area contributed by atoms with Crippen LogP contribution in [0, 0.1) is 0 Å². The van der Waals surface area contributed by atoms with Crippen LogP contribution in [0.2, 0.25) is 0 Å². The smallest absolute Gasteiger partial charge is 0.109 e. The Kier molecular flexibility index (Phi) is 6.60. The molecule has 0 saturated heterocycles. The van der Waals surface area contributed by atoms with Crippen molar-refractivity contribution >= 4 is 53.4 Å². The maximum absolute atomic E-state index is 5.22. The number of benzene rings is 4. The van der Waals surface area contributed by atoms with Crippen molar-refractivity contribution in [3.63, 3.8) is 0 Å². The second-order valence-electron chi connectivity index (χ2n) is 12.3. The highest BCUT2D eigenvalue weighted by Crippen LogP contribution is 2.47. The van der Waals surface area contributed by atoms with Crippen LogP contribution in [0.25, 0.3) is 93.0 Å². The van der Waals surface area contributed by atoms with Gasteiger partial charge in [0.2, 0.25) is 0 Å². The third-order valence-electron chi connectivity index (χ3n) is 9.31. The predicted molar refractivity (Wildman–Crippen MR) is 207 cm³/mol. The molecule has 0 unspecified atom stereocenters. The molecule has 0 spiro atoms. The summed E-state index contributed by atoms with van der Waals surface area (Å²) in [6.45, 7) is 0. The second kappa shape index (κ2) is 11.6. The van der Waals surface area contributed by atoms with Crippen LogP contribution in [0.3, 0.4) is 0 Å². The number of para-hydroxylation sites is 2. The normalized spacial score (nSPS) is 11.6. The van der Waals surface area contributed by atoms with Crippen LogP contribution in [-0.4, -0.2) is 24.5 Å². The summed E-state index contributed by atoms with van der Waals surface area (Å²) in [4.78, 5) is 20.6. The highest BCUT2D eigenvalue weighted by atomic mass is 32.1. The lowest BCUT2D eigenvalue weighted by atomic mass is 10.0. The van der Waals surface area contributed by atoms with Gasteiger partial charge in [-0.15, -0.1) is 11.3 Å². The van der Waals surface area contributed by atoms with Gasteiger partial charge in [-0.05, 0) is 71.8 Å². The van der Waals surface area contributed by atoms with Gasteiger partial charge in [-0.25, -0.2) is 9.97 Å². The predicted octanol–water partition coefficient (Wildman–Crippen LogP) is 11.4. The van der Waals surface area contributed by atoms with E-state index in [1.807, 2.05) is 47.7 Å². The van der Waals surface area contributed by atoms with Crippen molar-refractivity contribution in [3.8, 4) is 50.8 Å². The molecule has 0 amide bonds. The van der Waals surface area contributed by atoms with Gasteiger partial charge < -0.3 is 4.57 Å². The first-order valence-electron chi connectivity index (χ1n) is 16.6. The quantitative estimate of drug-likeness (QED) is 0.185. The lowest BCUT2D eigenvalue weighted by molar-refractivity contribution is 1.19. The summed E-state index contributed by atoms with van der Waals surface area (Å²) in [5.41, 5.74) is 10.9. The average molecular weight is 658 g/mol. The molecule has 10 rings (SSSR count). The van der Waals surface area contributed by atoms with Crippen LogP contribution in [-0.2, 0) is 0 Å². The molecule has 0 aliphatic carbocycles. The van der Waals surface area contributed by atoms with E-state index in [1.54, 1.807) is 12.4 Å². The Morgan fingerprint density at radius 1 is 0.460 bits per heavy atom. The summed E-state index contributed by atoms with van der Waals surface area (Å²) in [5.74, 6) is 0. The second-order valence-corrected chi connectivity index (χ2v) is 13.3. The molecular weight excluding hydrogens is 631 g/mol. The molecule has 6 heterocycles. The van der Waals surface area contributed by atoms with E-state index in [0.29, 0.717) is 0 Å². The van der Waals surface area contributed by atoms with E-state index in [9.17, 15) is 0 Å². The first-order valence-corrected chi connectivity index (χ1v) is 17.4. The van der Waals surface area contributed by atoms with Crippen molar-refractivity contribution in [2.24, 2.45) is 0 Å². The zero-order chi connectivity index (χ0) is 33.0. The van der Waals surface area contributed by atoms with Crippen molar-refractivity contribution in [2.45, 2.75) is 0 Å². The average Bonchev–Trinajstić information content (AvgIpc) is 3.74. The molecule has 0 aliphatic rings. The summed E-state index contributed by atoms with van der Waals surface area (Å²) >= 11 is 1.82. The van der Waals surface area contributed by atoms with Gasteiger partial charge in [0.05, 0.1) is 44.2 Å². The van der Waals surface area contributed by atoms with Crippen LogP contribution in [0.1, 0.15) is 0 Å². The van der Waals surface area contributed by atoms with Gasteiger partial charge in [-0.1, -0.05) is 91.0 Å². The summed E-state index contributed by atoms with van der Waals surface area (Å²) in [6, 6.07) is 52.7. The number of rotatable bonds is 5. The first kappa shape index (κ1) is 28.5. The highest BCUT2D eigenvalue weighted by molar-refractivity contribution is 7.26. The molecule has 10 aromatic rings. The minimum atomic E-state index is 0.811. The van der Waals surface area contributed by atoms with Crippen molar-refractivity contribution in [1.29, 1.82) is 0 Å². The largest absolute Gasteiger partial charge is 0.301 e. The third kappa shape index (κ3) is 4.61. The Bertz CT molecular complexity index is 2780. The van der Waals surface area contributed by atoms with Gasteiger partial charge in [-0.3, -0.25) is 9.97 Å². The molecular formula is C44H27N5S. The SMILES string of the molecule is c1ccc(-c2nc3ccccc3c3c2sc2c3c3ccccc3n2-c2ccc(-c3cc(-c4ccccn4)nc(-c4ccccn4)c3)cc2)cc1. The lowest BCUT2D eigenvalue weighted by Gasteiger charge is -2.11. The third-order valence-corrected chi connectivity index (χ3v) is 10.5. The monoisotopic (exact) mass is 657 g/mol. The van der Waals surface area contributed by atoms with Gasteiger partial charge in [-0.2, -0.15) is 0 Å². The van der Waals surface area contributed by atoms with E-state index >= 15 is 0 Å². The van der Waals surface area contributed by atoms with E-state index in [-0.39, 0.29) is 0 Å². The maximum atomic E-state index is 5.22. The molecule has 0 radical (unpaired) electrons. The lowest BCUT2D eigenvalue weighted by Crippen LogP contribution is -1.95. The Hall–Kier alpha value is -6.50. The molecule has 50 heavy (non-hydrogen) atoms. The molecule has 6 heteroatoms. The highest BCUT2D eigenvalue weighted by Gasteiger charge is 2.22. The molecule has 234 valence electrons. The summed E-state index contributed by atoms with van der Waals surface area (Å²) in [7, 11) is 0. The molecule has 0 N–H and O–H groups in total. The Labute approximate surface area is 291 Å². The van der Waals surface area contributed by atoms with Gasteiger partial charge in [0.25, 0.3) is 0 Å². The minimum absolute atomic E-state index is 0.811. The van der Waals surface area contributed by atoms with Crippen LogP contribution in [0.15, 0.2) is 164 Å². The van der Waals surface area contributed by atoms with Gasteiger partial charge in [0.1, 0.15) is 4.83 Å². The molecule has 0 fully saturated rings. The zero-order valence-electron chi connectivity index (χ0n) is 26.7. The fourth-order valence-electron chi connectivity index (χ4n) is 7.03.